The molecule has 1 aliphatic heterocycles. The minimum Gasteiger partial charge on any atom is -0.385 e. The van der Waals surface area contributed by atoms with Gasteiger partial charge in [0.25, 0.3) is 0 Å². The van der Waals surface area contributed by atoms with Crippen molar-refractivity contribution in [3.05, 3.63) is 33.8 Å². The molecule has 0 spiro atoms. The molecule has 1 aliphatic carbocycles. The van der Waals surface area contributed by atoms with E-state index in [1.165, 1.54) is 5.56 Å². The molecule has 18 heavy (non-hydrogen) atoms. The molecule has 1 heterocycles. The smallest absolute Gasteiger partial charge is 0.0595 e. The molecule has 3 rings (SSSR count). The number of halogens is 2. The van der Waals surface area contributed by atoms with Gasteiger partial charge in [0.05, 0.1) is 10.0 Å². The molecule has 1 aromatic rings. The zero-order valence-electron chi connectivity index (χ0n) is 10.4. The summed E-state index contributed by atoms with van der Waals surface area (Å²) in [4.78, 5) is 0. The summed E-state index contributed by atoms with van der Waals surface area (Å²) in [5.41, 5.74) is 1.58. The molecular weight excluding hydrogens is 269 g/mol. The Bertz CT molecular complexity index is 453. The minimum absolute atomic E-state index is 0.259. The van der Waals surface area contributed by atoms with E-state index in [2.05, 4.69) is 11.4 Å². The zero-order valence-corrected chi connectivity index (χ0v) is 11.9. The van der Waals surface area contributed by atoms with Crippen molar-refractivity contribution in [3.8, 4) is 0 Å². The summed E-state index contributed by atoms with van der Waals surface area (Å²) in [6, 6.07) is 6.08. The highest BCUT2D eigenvalue weighted by Crippen LogP contribution is 2.64. The molecule has 1 aromatic carbocycles. The average molecular weight is 286 g/mol. The molecule has 4 heteroatoms. The molecule has 98 valence electrons. The van der Waals surface area contributed by atoms with E-state index in [0.29, 0.717) is 10.0 Å². The lowest BCUT2D eigenvalue weighted by Gasteiger charge is -2.22. The second kappa shape index (κ2) is 4.68. The van der Waals surface area contributed by atoms with Gasteiger partial charge in [-0.25, -0.2) is 0 Å². The Morgan fingerprint density at radius 2 is 2.00 bits per heavy atom. The molecule has 3 atom stereocenters. The van der Waals surface area contributed by atoms with Crippen molar-refractivity contribution in [1.82, 2.24) is 5.32 Å². The highest BCUT2D eigenvalue weighted by atomic mass is 35.5. The van der Waals surface area contributed by atoms with E-state index in [-0.39, 0.29) is 5.41 Å². The fraction of sp³-hybridized carbons (Fsp3) is 0.571. The molecule has 0 unspecified atom stereocenters. The maximum atomic E-state index is 6.16. The van der Waals surface area contributed by atoms with Crippen LogP contribution in [0.2, 0.25) is 10.0 Å². The lowest BCUT2D eigenvalue weighted by molar-refractivity contribution is 0.179. The third-order valence-electron chi connectivity index (χ3n) is 4.61. The molecule has 0 radical (unpaired) electrons. The lowest BCUT2D eigenvalue weighted by atomic mass is 9.87. The second-order valence-electron chi connectivity index (χ2n) is 5.28. The fourth-order valence-corrected chi connectivity index (χ4v) is 3.95. The average Bonchev–Trinajstić information content (AvgIpc) is 2.74. The monoisotopic (exact) mass is 285 g/mol. The quantitative estimate of drug-likeness (QED) is 0.918. The highest BCUT2D eigenvalue weighted by Gasteiger charge is 2.66. The Hall–Kier alpha value is -0.280. The number of hydrogen-bond acceptors (Lipinski definition) is 2. The minimum atomic E-state index is 0.259. The van der Waals surface area contributed by atoms with Gasteiger partial charge in [-0.2, -0.15) is 0 Å². The molecule has 0 aromatic heterocycles. The van der Waals surface area contributed by atoms with E-state index >= 15 is 0 Å². The summed E-state index contributed by atoms with van der Waals surface area (Å²) in [6.45, 7) is 3.01. The predicted molar refractivity (Wildman–Crippen MR) is 74.5 cm³/mol. The number of nitrogens with one attached hydrogen (secondary N) is 1. The Labute approximate surface area is 118 Å². The predicted octanol–water partition coefficient (Wildman–Crippen LogP) is 3.12. The van der Waals surface area contributed by atoms with Crippen LogP contribution in [0.1, 0.15) is 12.0 Å². The van der Waals surface area contributed by atoms with Crippen LogP contribution < -0.4 is 5.32 Å². The molecule has 1 N–H and O–H groups in total. The van der Waals surface area contributed by atoms with Crippen molar-refractivity contribution in [2.45, 2.75) is 11.8 Å². The van der Waals surface area contributed by atoms with Gasteiger partial charge in [-0.05, 0) is 49.0 Å². The van der Waals surface area contributed by atoms with Crippen LogP contribution >= 0.6 is 23.2 Å². The van der Waals surface area contributed by atoms with Gasteiger partial charge in [-0.1, -0.05) is 29.3 Å². The fourth-order valence-electron chi connectivity index (χ4n) is 3.65. The summed E-state index contributed by atoms with van der Waals surface area (Å²) < 4.78 is 5.28. The Morgan fingerprint density at radius 3 is 2.61 bits per heavy atom. The molecular formula is C14H17Cl2NO. The maximum absolute atomic E-state index is 6.16. The number of rotatable bonds is 4. The van der Waals surface area contributed by atoms with Crippen molar-refractivity contribution < 1.29 is 4.74 Å². The lowest BCUT2D eigenvalue weighted by Crippen LogP contribution is -2.26. The molecule has 1 saturated carbocycles. The van der Waals surface area contributed by atoms with Crippen LogP contribution in [-0.4, -0.2) is 26.8 Å². The molecule has 1 saturated heterocycles. The number of ether oxygens (including phenoxy) is 1. The van der Waals surface area contributed by atoms with Crippen LogP contribution in [0, 0.1) is 11.8 Å². The summed E-state index contributed by atoms with van der Waals surface area (Å²) in [5, 5.41) is 4.74. The summed E-state index contributed by atoms with van der Waals surface area (Å²) in [5.74, 6) is 1.45. The van der Waals surface area contributed by atoms with Crippen LogP contribution in [0.4, 0.5) is 0 Å². The first kappa shape index (κ1) is 12.7. The van der Waals surface area contributed by atoms with E-state index in [1.54, 1.807) is 7.11 Å². The number of methoxy groups -OCH3 is 1. The van der Waals surface area contributed by atoms with E-state index in [0.717, 1.165) is 38.0 Å². The van der Waals surface area contributed by atoms with Crippen molar-refractivity contribution >= 4 is 23.2 Å². The van der Waals surface area contributed by atoms with Crippen molar-refractivity contribution in [2.75, 3.05) is 26.8 Å². The van der Waals surface area contributed by atoms with E-state index in [1.807, 2.05) is 12.1 Å². The SMILES string of the molecule is COCC[C@@]1(c2ccc(Cl)c(Cl)c2)[C@@H]2CNC[C@@H]21. The summed E-state index contributed by atoms with van der Waals surface area (Å²) in [7, 11) is 1.76. The Kier molecular flexibility index (Phi) is 3.31. The standard InChI is InChI=1S/C14H17Cl2NO/c1-18-5-4-14(10-7-17-8-11(10)14)9-2-3-12(15)13(16)6-9/h2-3,6,10-11,17H,4-5,7-8H2,1H3/t10-,11+,14-. The Morgan fingerprint density at radius 1 is 1.28 bits per heavy atom. The summed E-state index contributed by atoms with van der Waals surface area (Å²) in [6.07, 6.45) is 1.07. The number of benzene rings is 1. The van der Waals surface area contributed by atoms with Crippen molar-refractivity contribution in [3.63, 3.8) is 0 Å². The van der Waals surface area contributed by atoms with Crippen LogP contribution in [0.15, 0.2) is 18.2 Å². The van der Waals surface area contributed by atoms with Gasteiger partial charge in [0.2, 0.25) is 0 Å². The first-order chi connectivity index (χ1) is 8.70. The third-order valence-corrected chi connectivity index (χ3v) is 5.34. The van der Waals surface area contributed by atoms with Gasteiger partial charge in [0.15, 0.2) is 0 Å². The molecule has 0 amide bonds. The maximum Gasteiger partial charge on any atom is 0.0595 e. The van der Waals surface area contributed by atoms with Crippen molar-refractivity contribution in [2.24, 2.45) is 11.8 Å². The largest absolute Gasteiger partial charge is 0.385 e. The topological polar surface area (TPSA) is 21.3 Å². The molecule has 2 aliphatic rings. The molecule has 2 nitrogen and oxygen atoms in total. The Balaban J connectivity index is 1.92. The van der Waals surface area contributed by atoms with Crippen LogP contribution in [0.3, 0.4) is 0 Å². The zero-order chi connectivity index (χ0) is 12.8. The van der Waals surface area contributed by atoms with Gasteiger partial charge in [0.1, 0.15) is 0 Å². The van der Waals surface area contributed by atoms with E-state index in [9.17, 15) is 0 Å². The second-order valence-corrected chi connectivity index (χ2v) is 6.10. The van der Waals surface area contributed by atoms with Gasteiger partial charge in [-0.3, -0.25) is 0 Å². The van der Waals surface area contributed by atoms with Crippen LogP contribution in [-0.2, 0) is 10.2 Å². The number of hydrogen-bond donors (Lipinski definition) is 1. The number of fused-ring (bicyclic) bond motifs is 1. The van der Waals surface area contributed by atoms with Gasteiger partial charge >= 0.3 is 0 Å². The van der Waals surface area contributed by atoms with Gasteiger partial charge in [-0.15, -0.1) is 0 Å². The summed E-state index contributed by atoms with van der Waals surface area (Å²) >= 11 is 12.2. The highest BCUT2D eigenvalue weighted by molar-refractivity contribution is 6.42. The van der Waals surface area contributed by atoms with E-state index < -0.39 is 0 Å². The van der Waals surface area contributed by atoms with Crippen LogP contribution in [0.25, 0.3) is 0 Å². The molecule has 2 fully saturated rings. The van der Waals surface area contributed by atoms with Gasteiger partial charge < -0.3 is 10.1 Å². The van der Waals surface area contributed by atoms with E-state index in [4.69, 9.17) is 27.9 Å². The normalized spacial score (nSPS) is 33.5. The van der Waals surface area contributed by atoms with Crippen LogP contribution in [0.5, 0.6) is 0 Å². The third kappa shape index (κ3) is 1.78. The van der Waals surface area contributed by atoms with Gasteiger partial charge in [0, 0.05) is 19.1 Å². The number of piperidine rings is 1. The molecule has 0 bridgehead atoms. The first-order valence-corrected chi connectivity index (χ1v) is 7.11. The first-order valence-electron chi connectivity index (χ1n) is 6.35. The van der Waals surface area contributed by atoms with Crippen molar-refractivity contribution in [1.29, 1.82) is 0 Å².